The van der Waals surface area contributed by atoms with Crippen molar-refractivity contribution in [3.63, 3.8) is 0 Å². The van der Waals surface area contributed by atoms with Crippen LogP contribution < -0.4 is 5.32 Å². The Bertz CT molecular complexity index is 1060. The van der Waals surface area contributed by atoms with Crippen molar-refractivity contribution in [1.82, 2.24) is 10.3 Å². The minimum absolute atomic E-state index is 0.0561. The van der Waals surface area contributed by atoms with Crippen molar-refractivity contribution in [1.29, 1.82) is 0 Å². The first-order valence-corrected chi connectivity index (χ1v) is 11.8. The highest BCUT2D eigenvalue weighted by Gasteiger charge is 2.22. The van der Waals surface area contributed by atoms with Crippen LogP contribution in [0.2, 0.25) is 0 Å². The number of nitrogens with zero attached hydrogens (tertiary/aromatic N) is 1. The molecule has 1 amide bonds. The lowest BCUT2D eigenvalue weighted by molar-refractivity contribution is -0.128. The molecule has 0 saturated heterocycles. The van der Waals surface area contributed by atoms with E-state index < -0.39 is 11.4 Å². The number of carbonyl (C=O) groups excluding carboxylic acids is 3. The molecule has 0 unspecified atom stereocenters. The highest BCUT2D eigenvalue weighted by Crippen LogP contribution is 2.30. The van der Waals surface area contributed by atoms with Crippen molar-refractivity contribution in [2.24, 2.45) is 5.41 Å². The Morgan fingerprint density at radius 2 is 1.90 bits per heavy atom. The number of hydrogen-bond acceptors (Lipinski definition) is 8. The van der Waals surface area contributed by atoms with E-state index in [1.165, 1.54) is 22.7 Å². The van der Waals surface area contributed by atoms with Crippen LogP contribution in [0, 0.1) is 12.3 Å². The fourth-order valence-electron chi connectivity index (χ4n) is 2.42. The average molecular weight is 463 g/mol. The van der Waals surface area contributed by atoms with E-state index in [-0.39, 0.29) is 18.3 Å². The second-order valence-electron chi connectivity index (χ2n) is 7.64. The van der Waals surface area contributed by atoms with Gasteiger partial charge in [0.15, 0.2) is 6.61 Å². The van der Waals surface area contributed by atoms with Gasteiger partial charge in [0.2, 0.25) is 11.7 Å². The summed E-state index contributed by atoms with van der Waals surface area (Å²) in [6.45, 7) is 7.30. The van der Waals surface area contributed by atoms with E-state index in [4.69, 9.17) is 4.74 Å². The van der Waals surface area contributed by atoms with Crippen LogP contribution in [-0.4, -0.2) is 29.3 Å². The summed E-state index contributed by atoms with van der Waals surface area (Å²) in [5.41, 5.74) is 1.09. The number of hydrogen-bond donors (Lipinski definition) is 1. The molecule has 0 aliphatic heterocycles. The molecule has 0 fully saturated rings. The smallest absolute Gasteiger partial charge is 0.350 e. The summed E-state index contributed by atoms with van der Waals surface area (Å²) in [7, 11) is 0. The molecule has 0 spiro atoms. The zero-order valence-electron chi connectivity index (χ0n) is 17.1. The van der Waals surface area contributed by atoms with Crippen molar-refractivity contribution in [2.75, 3.05) is 6.61 Å². The van der Waals surface area contributed by atoms with Crippen molar-refractivity contribution in [3.05, 3.63) is 49.3 Å². The molecule has 1 N–H and O–H groups in total. The predicted molar refractivity (Wildman–Crippen MR) is 120 cm³/mol. The largest absolute Gasteiger partial charge is 0.453 e. The third-order valence-electron chi connectivity index (χ3n) is 4.13. The zero-order chi connectivity index (χ0) is 21.9. The summed E-state index contributed by atoms with van der Waals surface area (Å²) in [5, 5.41) is 7.53. The maximum atomic E-state index is 12.4. The molecule has 3 rings (SSSR count). The second kappa shape index (κ2) is 9.20. The first-order chi connectivity index (χ1) is 14.1. The number of esters is 1. The van der Waals surface area contributed by atoms with Gasteiger partial charge in [-0.25, -0.2) is 9.78 Å². The Morgan fingerprint density at radius 1 is 1.13 bits per heavy atom. The topological polar surface area (TPSA) is 85.4 Å². The molecular weight excluding hydrogens is 440 g/mol. The van der Waals surface area contributed by atoms with E-state index >= 15 is 0 Å². The number of ether oxygens (including phenoxy) is 1. The van der Waals surface area contributed by atoms with Crippen LogP contribution in [-0.2, 0) is 16.1 Å². The summed E-state index contributed by atoms with van der Waals surface area (Å²) >= 11 is 4.10. The maximum absolute atomic E-state index is 12.4. The van der Waals surface area contributed by atoms with E-state index in [2.05, 4.69) is 10.3 Å². The van der Waals surface area contributed by atoms with Gasteiger partial charge >= 0.3 is 5.97 Å². The first kappa shape index (κ1) is 22.3. The van der Waals surface area contributed by atoms with Gasteiger partial charge < -0.3 is 10.1 Å². The number of nitrogens with one attached hydrogen (secondary N) is 1. The molecule has 3 aromatic rings. The van der Waals surface area contributed by atoms with Crippen molar-refractivity contribution < 1.29 is 19.1 Å². The van der Waals surface area contributed by atoms with Gasteiger partial charge in [0, 0.05) is 21.2 Å². The molecule has 0 aliphatic rings. The number of thiophene rings is 2. The number of thiazole rings is 1. The number of aromatic nitrogens is 1. The number of Topliss-reactive ketones (excluding diaryl/α,β-unsaturated/α-hetero) is 1. The third-order valence-corrected chi connectivity index (χ3v) is 7.12. The van der Waals surface area contributed by atoms with Gasteiger partial charge in [-0.1, -0.05) is 20.8 Å². The lowest BCUT2D eigenvalue weighted by Gasteiger charge is -2.17. The molecule has 9 heteroatoms. The van der Waals surface area contributed by atoms with Crippen LogP contribution in [0.3, 0.4) is 0 Å². The Hall–Kier alpha value is -2.36. The van der Waals surface area contributed by atoms with Crippen LogP contribution in [0.1, 0.15) is 50.7 Å². The lowest BCUT2D eigenvalue weighted by atomic mass is 9.96. The molecule has 158 valence electrons. The molecule has 3 aromatic heterocycles. The summed E-state index contributed by atoms with van der Waals surface area (Å²) < 4.78 is 5.23. The van der Waals surface area contributed by atoms with Crippen molar-refractivity contribution in [2.45, 2.75) is 34.2 Å². The number of carbonyl (C=O) groups is 3. The molecule has 0 radical (unpaired) electrons. The Labute approximate surface area is 186 Å². The fourth-order valence-corrected chi connectivity index (χ4v) is 4.96. The van der Waals surface area contributed by atoms with Gasteiger partial charge in [-0.3, -0.25) is 9.59 Å². The third kappa shape index (κ3) is 5.41. The van der Waals surface area contributed by atoms with Crippen molar-refractivity contribution >= 4 is 51.7 Å². The Morgan fingerprint density at radius 3 is 2.57 bits per heavy atom. The normalized spacial score (nSPS) is 11.3. The van der Waals surface area contributed by atoms with Crippen LogP contribution >= 0.6 is 34.0 Å². The highest BCUT2D eigenvalue weighted by atomic mass is 32.1. The van der Waals surface area contributed by atoms with E-state index in [1.54, 1.807) is 30.4 Å². The second-order valence-corrected chi connectivity index (χ2v) is 10.6. The van der Waals surface area contributed by atoms with Crippen molar-refractivity contribution in [3.8, 4) is 10.6 Å². The maximum Gasteiger partial charge on any atom is 0.350 e. The van der Waals surface area contributed by atoms with E-state index in [9.17, 15) is 14.4 Å². The average Bonchev–Trinajstić information content (AvgIpc) is 3.43. The highest BCUT2D eigenvalue weighted by molar-refractivity contribution is 7.17. The number of ketones is 1. The summed E-state index contributed by atoms with van der Waals surface area (Å²) in [6, 6.07) is 5.43. The van der Waals surface area contributed by atoms with Crippen LogP contribution in [0.25, 0.3) is 10.6 Å². The monoisotopic (exact) mass is 462 g/mol. The number of aryl methyl sites for hydroxylation is 1. The molecule has 0 aromatic carbocycles. The van der Waals surface area contributed by atoms with Gasteiger partial charge in [-0.15, -0.1) is 22.7 Å². The summed E-state index contributed by atoms with van der Waals surface area (Å²) in [5.74, 6) is -0.879. The summed E-state index contributed by atoms with van der Waals surface area (Å²) in [4.78, 5) is 43.0. The fraction of sp³-hybridized carbons (Fsp3) is 0.333. The van der Waals surface area contributed by atoms with Gasteiger partial charge in [-0.2, -0.15) is 11.3 Å². The minimum Gasteiger partial charge on any atom is -0.453 e. The SMILES string of the molecule is Cc1nc(-c2ccsc2)sc1C(=O)OCC(=O)c1ccc(CNC(=O)C(C)(C)C)s1. The molecule has 6 nitrogen and oxygen atoms in total. The molecule has 3 heterocycles. The van der Waals surface area contributed by atoms with Crippen LogP contribution in [0.4, 0.5) is 0 Å². The molecule has 0 atom stereocenters. The molecule has 0 saturated carbocycles. The van der Waals surface area contributed by atoms with Gasteiger partial charge in [0.1, 0.15) is 9.88 Å². The quantitative estimate of drug-likeness (QED) is 0.397. The minimum atomic E-state index is -0.547. The van der Waals surface area contributed by atoms with Gasteiger partial charge in [-0.05, 0) is 30.5 Å². The standard InChI is InChI=1S/C21H22N2O4S3/c1-12-17(30-18(23-12)13-7-8-28-11-13)19(25)27-10-15(24)16-6-5-14(29-16)9-22-20(26)21(2,3)4/h5-8,11H,9-10H2,1-4H3,(H,22,26). The number of rotatable bonds is 7. The van der Waals surface area contributed by atoms with Gasteiger partial charge in [0.25, 0.3) is 0 Å². The number of amides is 1. The Balaban J connectivity index is 1.55. The zero-order valence-corrected chi connectivity index (χ0v) is 19.6. The predicted octanol–water partition coefficient (Wildman–Crippen LogP) is 4.94. The van der Waals surface area contributed by atoms with Crippen LogP contribution in [0.5, 0.6) is 0 Å². The van der Waals surface area contributed by atoms with E-state index in [1.807, 2.05) is 37.6 Å². The van der Waals surface area contributed by atoms with E-state index in [0.29, 0.717) is 22.0 Å². The molecular formula is C21H22N2O4S3. The first-order valence-electron chi connectivity index (χ1n) is 9.22. The summed E-state index contributed by atoms with van der Waals surface area (Å²) in [6.07, 6.45) is 0. The van der Waals surface area contributed by atoms with Gasteiger partial charge in [0.05, 0.1) is 17.1 Å². The Kier molecular flexibility index (Phi) is 6.84. The lowest BCUT2D eigenvalue weighted by Crippen LogP contribution is -2.34. The molecule has 0 aliphatic carbocycles. The molecule has 30 heavy (non-hydrogen) atoms. The van der Waals surface area contributed by atoms with Crippen LogP contribution in [0.15, 0.2) is 29.0 Å². The van der Waals surface area contributed by atoms with E-state index in [0.717, 1.165) is 15.4 Å². The molecule has 0 bridgehead atoms.